The smallest absolute Gasteiger partial charge is 0.226 e. The highest BCUT2D eigenvalue weighted by Gasteiger charge is 2.34. The predicted molar refractivity (Wildman–Crippen MR) is 73.5 cm³/mol. The summed E-state index contributed by atoms with van der Waals surface area (Å²) >= 11 is 0. The lowest BCUT2D eigenvalue weighted by Gasteiger charge is -2.37. The number of nitrogens with two attached hydrogens (primary N) is 1. The van der Waals surface area contributed by atoms with Gasteiger partial charge in [0.2, 0.25) is 5.91 Å². The molecule has 1 aromatic rings. The minimum absolute atomic E-state index is 0.0414. The summed E-state index contributed by atoms with van der Waals surface area (Å²) in [6.45, 7) is 0. The van der Waals surface area contributed by atoms with Crippen LogP contribution in [0.3, 0.4) is 0 Å². The number of hydrogen-bond acceptors (Lipinski definition) is 4. The van der Waals surface area contributed by atoms with Gasteiger partial charge in [0.15, 0.2) is 9.84 Å². The molecule has 0 radical (unpaired) electrons. The van der Waals surface area contributed by atoms with Crippen molar-refractivity contribution in [2.75, 3.05) is 11.6 Å². The summed E-state index contributed by atoms with van der Waals surface area (Å²) in [7, 11) is -3.45. The molecule has 0 aliphatic heterocycles. The topological polar surface area (TPSA) is 89.3 Å². The number of carbonyl (C=O) groups is 1. The molecule has 2 rings (SSSR count). The Morgan fingerprint density at radius 3 is 2.60 bits per heavy atom. The number of amides is 1. The normalized spacial score (nSPS) is 17.4. The fourth-order valence-electron chi connectivity index (χ4n) is 2.15. The Morgan fingerprint density at radius 2 is 2.10 bits per heavy atom. The second-order valence-electron chi connectivity index (χ2n) is 5.35. The Kier molecular flexibility index (Phi) is 3.84. The molecule has 1 aliphatic rings. The Bertz CT molecular complexity index is 639. The summed E-state index contributed by atoms with van der Waals surface area (Å²) in [6, 6.07) is 3.30. The van der Waals surface area contributed by atoms with Crippen LogP contribution < -0.4 is 11.1 Å². The van der Waals surface area contributed by atoms with E-state index < -0.39 is 27.1 Å². The molecule has 1 fully saturated rings. The van der Waals surface area contributed by atoms with Gasteiger partial charge in [0.1, 0.15) is 5.82 Å². The van der Waals surface area contributed by atoms with Gasteiger partial charge >= 0.3 is 0 Å². The standard InChI is InChI=1S/C13H17FN2O3S/c1-20(18,19)9-3-4-10(14)11(7-9)16-12(17)8-13(15)5-2-6-13/h3-4,7H,2,5-6,8,15H2,1H3,(H,16,17). The molecule has 1 aromatic carbocycles. The van der Waals surface area contributed by atoms with Crippen molar-refractivity contribution in [1.82, 2.24) is 0 Å². The number of halogens is 1. The summed E-state index contributed by atoms with van der Waals surface area (Å²) < 4.78 is 36.4. The molecular formula is C13H17FN2O3S. The summed E-state index contributed by atoms with van der Waals surface area (Å²) in [4.78, 5) is 11.8. The molecule has 7 heteroatoms. The average molecular weight is 300 g/mol. The lowest BCUT2D eigenvalue weighted by atomic mass is 9.75. The molecule has 0 heterocycles. The molecule has 0 spiro atoms. The first-order valence-corrected chi connectivity index (χ1v) is 8.17. The zero-order valence-electron chi connectivity index (χ0n) is 11.1. The van der Waals surface area contributed by atoms with Crippen LogP contribution in [0.15, 0.2) is 23.1 Å². The Morgan fingerprint density at radius 1 is 1.45 bits per heavy atom. The molecule has 110 valence electrons. The fourth-order valence-corrected chi connectivity index (χ4v) is 2.80. The number of hydrogen-bond donors (Lipinski definition) is 2. The van der Waals surface area contributed by atoms with Crippen molar-refractivity contribution in [2.45, 2.75) is 36.1 Å². The maximum absolute atomic E-state index is 13.6. The highest BCUT2D eigenvalue weighted by atomic mass is 32.2. The van der Waals surface area contributed by atoms with E-state index in [1.165, 1.54) is 0 Å². The van der Waals surface area contributed by atoms with Crippen LogP contribution in [0.25, 0.3) is 0 Å². The largest absolute Gasteiger partial charge is 0.325 e. The van der Waals surface area contributed by atoms with Crippen molar-refractivity contribution in [3.63, 3.8) is 0 Å². The number of carbonyl (C=O) groups excluding carboxylic acids is 1. The van der Waals surface area contributed by atoms with Gasteiger partial charge in [0.25, 0.3) is 0 Å². The van der Waals surface area contributed by atoms with Gasteiger partial charge in [-0.25, -0.2) is 12.8 Å². The molecule has 0 unspecified atom stereocenters. The highest BCUT2D eigenvalue weighted by molar-refractivity contribution is 7.90. The molecule has 20 heavy (non-hydrogen) atoms. The van der Waals surface area contributed by atoms with Crippen molar-refractivity contribution in [2.24, 2.45) is 5.73 Å². The van der Waals surface area contributed by atoms with E-state index in [4.69, 9.17) is 5.73 Å². The van der Waals surface area contributed by atoms with Crippen molar-refractivity contribution < 1.29 is 17.6 Å². The van der Waals surface area contributed by atoms with Crippen LogP contribution in [0.5, 0.6) is 0 Å². The maximum Gasteiger partial charge on any atom is 0.226 e. The summed E-state index contributed by atoms with van der Waals surface area (Å²) in [6.07, 6.45) is 3.66. The number of sulfone groups is 1. The van der Waals surface area contributed by atoms with E-state index in [1.54, 1.807) is 0 Å². The molecule has 3 N–H and O–H groups in total. The molecule has 1 amide bonds. The third kappa shape index (κ3) is 3.34. The fraction of sp³-hybridized carbons (Fsp3) is 0.462. The third-order valence-corrected chi connectivity index (χ3v) is 4.61. The Labute approximate surface area is 117 Å². The molecular weight excluding hydrogens is 283 g/mol. The van der Waals surface area contributed by atoms with Gasteiger partial charge in [-0.2, -0.15) is 0 Å². The van der Waals surface area contributed by atoms with E-state index in [1.807, 2.05) is 0 Å². The van der Waals surface area contributed by atoms with E-state index in [0.29, 0.717) is 0 Å². The molecule has 5 nitrogen and oxygen atoms in total. The van der Waals surface area contributed by atoms with Crippen LogP contribution in [0.4, 0.5) is 10.1 Å². The number of rotatable bonds is 4. The second-order valence-corrected chi connectivity index (χ2v) is 7.37. The number of anilines is 1. The number of benzene rings is 1. The van der Waals surface area contributed by atoms with Crippen LogP contribution in [0, 0.1) is 5.82 Å². The highest BCUT2D eigenvalue weighted by Crippen LogP contribution is 2.32. The Balaban J connectivity index is 2.14. The molecule has 1 saturated carbocycles. The van der Waals surface area contributed by atoms with Gasteiger partial charge in [-0.3, -0.25) is 4.79 Å². The third-order valence-electron chi connectivity index (χ3n) is 3.50. The van der Waals surface area contributed by atoms with E-state index in [2.05, 4.69) is 5.32 Å². The van der Waals surface area contributed by atoms with Crippen molar-refractivity contribution >= 4 is 21.4 Å². The van der Waals surface area contributed by atoms with E-state index in [9.17, 15) is 17.6 Å². The summed E-state index contributed by atoms with van der Waals surface area (Å²) in [5.74, 6) is -1.08. The van der Waals surface area contributed by atoms with Gasteiger partial charge in [-0.1, -0.05) is 0 Å². The lowest BCUT2D eigenvalue weighted by molar-refractivity contribution is -0.118. The van der Waals surface area contributed by atoms with Crippen LogP contribution in [-0.2, 0) is 14.6 Å². The average Bonchev–Trinajstić information content (AvgIpc) is 2.28. The molecule has 0 bridgehead atoms. The van der Waals surface area contributed by atoms with Crippen LogP contribution >= 0.6 is 0 Å². The number of nitrogens with one attached hydrogen (secondary N) is 1. The van der Waals surface area contributed by atoms with E-state index >= 15 is 0 Å². The lowest BCUT2D eigenvalue weighted by Crippen LogP contribution is -2.49. The summed E-state index contributed by atoms with van der Waals surface area (Å²) in [5.41, 5.74) is 5.30. The van der Waals surface area contributed by atoms with Crippen LogP contribution in [0.1, 0.15) is 25.7 Å². The molecule has 0 atom stereocenters. The zero-order valence-corrected chi connectivity index (χ0v) is 12.0. The zero-order chi connectivity index (χ0) is 15.0. The van der Waals surface area contributed by atoms with Gasteiger partial charge < -0.3 is 11.1 Å². The summed E-state index contributed by atoms with van der Waals surface area (Å²) in [5, 5.41) is 2.39. The van der Waals surface area contributed by atoms with Gasteiger partial charge in [-0.05, 0) is 37.5 Å². The van der Waals surface area contributed by atoms with Crippen LogP contribution in [-0.4, -0.2) is 26.1 Å². The van der Waals surface area contributed by atoms with Crippen LogP contribution in [0.2, 0.25) is 0 Å². The molecule has 0 saturated heterocycles. The first-order valence-electron chi connectivity index (χ1n) is 6.28. The molecule has 0 aromatic heterocycles. The van der Waals surface area contributed by atoms with E-state index in [0.717, 1.165) is 43.7 Å². The van der Waals surface area contributed by atoms with Crippen molar-refractivity contribution in [3.05, 3.63) is 24.0 Å². The van der Waals surface area contributed by atoms with E-state index in [-0.39, 0.29) is 17.0 Å². The van der Waals surface area contributed by atoms with Crippen molar-refractivity contribution in [3.8, 4) is 0 Å². The maximum atomic E-state index is 13.6. The first-order chi connectivity index (χ1) is 9.20. The predicted octanol–water partition coefficient (Wildman–Crippen LogP) is 1.44. The van der Waals surface area contributed by atoms with Gasteiger partial charge in [0, 0.05) is 18.2 Å². The quantitative estimate of drug-likeness (QED) is 0.823. The minimum Gasteiger partial charge on any atom is -0.325 e. The first kappa shape index (κ1) is 14.9. The minimum atomic E-state index is -3.45. The van der Waals surface area contributed by atoms with Crippen molar-refractivity contribution in [1.29, 1.82) is 0 Å². The second kappa shape index (κ2) is 5.14. The monoisotopic (exact) mass is 300 g/mol. The SMILES string of the molecule is CS(=O)(=O)c1ccc(F)c(NC(=O)CC2(N)CCC2)c1. The molecule has 1 aliphatic carbocycles. The Hall–Kier alpha value is -1.47. The van der Waals surface area contributed by atoms with Gasteiger partial charge in [-0.15, -0.1) is 0 Å². The van der Waals surface area contributed by atoms with Gasteiger partial charge in [0.05, 0.1) is 10.6 Å².